The first kappa shape index (κ1) is 12.3. The summed E-state index contributed by atoms with van der Waals surface area (Å²) in [6.45, 7) is 1.00. The van der Waals surface area contributed by atoms with Crippen molar-refractivity contribution in [2.45, 2.75) is 31.5 Å². The Morgan fingerprint density at radius 1 is 1.37 bits per heavy atom. The molecule has 2 aliphatic rings. The predicted octanol–water partition coefficient (Wildman–Crippen LogP) is 1.16. The van der Waals surface area contributed by atoms with Crippen LogP contribution in [0.15, 0.2) is 18.2 Å². The second-order valence-corrected chi connectivity index (χ2v) is 4.92. The van der Waals surface area contributed by atoms with Gasteiger partial charge in [0.15, 0.2) is 6.10 Å². The molecule has 0 radical (unpaired) electrons. The van der Waals surface area contributed by atoms with Crippen molar-refractivity contribution in [2.24, 2.45) is 0 Å². The number of aliphatic hydroxyl groups is 1. The minimum atomic E-state index is -0.565. The summed E-state index contributed by atoms with van der Waals surface area (Å²) in [6.07, 6.45) is 1.69. The molecule has 0 aromatic heterocycles. The molecule has 1 saturated heterocycles. The maximum Gasteiger partial charge on any atom is 0.261 e. The molecule has 19 heavy (non-hydrogen) atoms. The Balaban J connectivity index is 1.74. The Morgan fingerprint density at radius 3 is 3.16 bits per heavy atom. The second kappa shape index (κ2) is 5.09. The zero-order valence-electron chi connectivity index (χ0n) is 10.6. The standard InChI is InChI=1S/C14H17NO4/c16-11-8-18-13-7-9(4-5-10(11)13)19-12-3-1-2-6-15-14(12)17/h4-5,7,11-12,16H,1-3,6,8H2,(H,15,17). The lowest BCUT2D eigenvalue weighted by Crippen LogP contribution is -2.36. The number of benzene rings is 1. The van der Waals surface area contributed by atoms with E-state index in [1.807, 2.05) is 0 Å². The van der Waals surface area contributed by atoms with E-state index in [1.165, 1.54) is 0 Å². The van der Waals surface area contributed by atoms with Crippen LogP contribution < -0.4 is 14.8 Å². The summed E-state index contributed by atoms with van der Waals surface area (Å²) in [6, 6.07) is 5.30. The molecule has 0 spiro atoms. The van der Waals surface area contributed by atoms with E-state index in [9.17, 15) is 9.90 Å². The summed E-state index contributed by atoms with van der Waals surface area (Å²) in [5, 5.41) is 12.5. The highest BCUT2D eigenvalue weighted by Crippen LogP contribution is 2.35. The topological polar surface area (TPSA) is 67.8 Å². The molecule has 5 heteroatoms. The molecule has 0 bridgehead atoms. The lowest BCUT2D eigenvalue weighted by Gasteiger charge is -2.16. The molecule has 1 aromatic carbocycles. The molecule has 102 valence electrons. The number of nitrogens with one attached hydrogen (secondary N) is 1. The van der Waals surface area contributed by atoms with Gasteiger partial charge in [-0.05, 0) is 31.4 Å². The summed E-state index contributed by atoms with van der Waals surface area (Å²) >= 11 is 0. The highest BCUT2D eigenvalue weighted by molar-refractivity contribution is 5.81. The van der Waals surface area contributed by atoms with E-state index in [0.717, 1.165) is 31.4 Å². The minimum absolute atomic E-state index is 0.0565. The molecule has 3 rings (SSSR count). The molecular formula is C14H17NO4. The van der Waals surface area contributed by atoms with Crippen LogP contribution in [0.4, 0.5) is 0 Å². The lowest BCUT2D eigenvalue weighted by atomic mass is 10.1. The molecule has 1 amide bonds. The molecule has 5 nitrogen and oxygen atoms in total. The van der Waals surface area contributed by atoms with Crippen molar-refractivity contribution < 1.29 is 19.4 Å². The van der Waals surface area contributed by atoms with Crippen molar-refractivity contribution in [1.82, 2.24) is 5.32 Å². The second-order valence-electron chi connectivity index (χ2n) is 4.92. The van der Waals surface area contributed by atoms with Gasteiger partial charge in [-0.3, -0.25) is 4.79 Å². The number of amides is 1. The van der Waals surface area contributed by atoms with Gasteiger partial charge in [-0.1, -0.05) is 0 Å². The Kier molecular flexibility index (Phi) is 3.29. The molecular weight excluding hydrogens is 246 g/mol. The van der Waals surface area contributed by atoms with Gasteiger partial charge in [-0.25, -0.2) is 0 Å². The third kappa shape index (κ3) is 2.51. The Bertz CT molecular complexity index is 488. The third-order valence-electron chi connectivity index (χ3n) is 3.50. The van der Waals surface area contributed by atoms with E-state index in [-0.39, 0.29) is 12.5 Å². The van der Waals surface area contributed by atoms with Gasteiger partial charge in [0, 0.05) is 18.2 Å². The molecule has 2 atom stereocenters. The van der Waals surface area contributed by atoms with Crippen LogP contribution in [0.2, 0.25) is 0 Å². The number of hydrogen-bond acceptors (Lipinski definition) is 4. The van der Waals surface area contributed by atoms with Gasteiger partial charge in [-0.2, -0.15) is 0 Å². The molecule has 0 aliphatic carbocycles. The molecule has 1 fully saturated rings. The summed E-state index contributed by atoms with van der Waals surface area (Å²) < 4.78 is 11.1. The van der Waals surface area contributed by atoms with Crippen LogP contribution in [0.5, 0.6) is 11.5 Å². The number of carbonyl (C=O) groups is 1. The fourth-order valence-corrected chi connectivity index (χ4v) is 2.43. The van der Waals surface area contributed by atoms with Crippen molar-refractivity contribution in [1.29, 1.82) is 0 Å². The first-order valence-corrected chi connectivity index (χ1v) is 6.63. The monoisotopic (exact) mass is 263 g/mol. The number of carbonyl (C=O) groups excluding carboxylic acids is 1. The maximum atomic E-state index is 11.8. The van der Waals surface area contributed by atoms with Crippen LogP contribution in [-0.2, 0) is 4.79 Å². The van der Waals surface area contributed by atoms with Gasteiger partial charge in [0.05, 0.1) is 0 Å². The summed E-state index contributed by atoms with van der Waals surface area (Å²) in [5.41, 5.74) is 0.776. The highest BCUT2D eigenvalue weighted by Gasteiger charge is 2.25. The summed E-state index contributed by atoms with van der Waals surface area (Å²) in [4.78, 5) is 11.8. The first-order chi connectivity index (χ1) is 9.24. The number of aliphatic hydroxyl groups excluding tert-OH is 1. The van der Waals surface area contributed by atoms with Crippen LogP contribution in [-0.4, -0.2) is 30.3 Å². The van der Waals surface area contributed by atoms with Gasteiger partial charge in [-0.15, -0.1) is 0 Å². The average Bonchev–Trinajstić information content (AvgIpc) is 2.65. The Hall–Kier alpha value is -1.75. The zero-order chi connectivity index (χ0) is 13.2. The molecule has 2 aliphatic heterocycles. The zero-order valence-corrected chi connectivity index (χ0v) is 10.6. The van der Waals surface area contributed by atoms with E-state index in [1.54, 1.807) is 18.2 Å². The number of rotatable bonds is 2. The molecule has 1 aromatic rings. The van der Waals surface area contributed by atoms with Gasteiger partial charge in [0.25, 0.3) is 5.91 Å². The van der Waals surface area contributed by atoms with Gasteiger partial charge >= 0.3 is 0 Å². The van der Waals surface area contributed by atoms with Gasteiger partial charge < -0.3 is 19.9 Å². The van der Waals surface area contributed by atoms with Crippen LogP contribution in [0, 0.1) is 0 Å². The minimum Gasteiger partial charge on any atom is -0.490 e. The molecule has 2 unspecified atom stereocenters. The van der Waals surface area contributed by atoms with Crippen LogP contribution >= 0.6 is 0 Å². The third-order valence-corrected chi connectivity index (χ3v) is 3.50. The predicted molar refractivity (Wildman–Crippen MR) is 68.2 cm³/mol. The smallest absolute Gasteiger partial charge is 0.261 e. The van der Waals surface area contributed by atoms with Crippen LogP contribution in [0.1, 0.15) is 30.9 Å². The Labute approximate surface area is 111 Å². The number of hydrogen-bond donors (Lipinski definition) is 2. The SMILES string of the molecule is O=C1NCCCCC1Oc1ccc2c(c1)OCC2O. The number of ether oxygens (including phenoxy) is 2. The van der Waals surface area contributed by atoms with Gasteiger partial charge in [0.2, 0.25) is 0 Å². The van der Waals surface area contributed by atoms with E-state index in [2.05, 4.69) is 5.32 Å². The van der Waals surface area contributed by atoms with E-state index in [4.69, 9.17) is 9.47 Å². The van der Waals surface area contributed by atoms with Crippen molar-refractivity contribution in [3.63, 3.8) is 0 Å². The van der Waals surface area contributed by atoms with Crippen molar-refractivity contribution in [3.05, 3.63) is 23.8 Å². The fourth-order valence-electron chi connectivity index (χ4n) is 2.43. The van der Waals surface area contributed by atoms with Crippen LogP contribution in [0.25, 0.3) is 0 Å². The quantitative estimate of drug-likeness (QED) is 0.840. The maximum absolute atomic E-state index is 11.8. The normalized spacial score (nSPS) is 26.1. The molecule has 0 saturated carbocycles. The highest BCUT2D eigenvalue weighted by atomic mass is 16.5. The van der Waals surface area contributed by atoms with Crippen molar-refractivity contribution in [3.8, 4) is 11.5 Å². The molecule has 2 N–H and O–H groups in total. The first-order valence-electron chi connectivity index (χ1n) is 6.63. The van der Waals surface area contributed by atoms with E-state index >= 15 is 0 Å². The van der Waals surface area contributed by atoms with Crippen LogP contribution in [0.3, 0.4) is 0 Å². The van der Waals surface area contributed by atoms with E-state index in [0.29, 0.717) is 11.5 Å². The lowest BCUT2D eigenvalue weighted by molar-refractivity contribution is -0.127. The molecule has 2 heterocycles. The van der Waals surface area contributed by atoms with Gasteiger partial charge in [0.1, 0.15) is 24.2 Å². The summed E-state index contributed by atoms with van der Waals surface area (Å²) in [5.74, 6) is 1.19. The van der Waals surface area contributed by atoms with Crippen molar-refractivity contribution >= 4 is 5.91 Å². The fraction of sp³-hybridized carbons (Fsp3) is 0.500. The van der Waals surface area contributed by atoms with E-state index < -0.39 is 12.2 Å². The number of fused-ring (bicyclic) bond motifs is 1. The Morgan fingerprint density at radius 2 is 2.26 bits per heavy atom. The van der Waals surface area contributed by atoms with Crippen molar-refractivity contribution in [2.75, 3.05) is 13.2 Å². The average molecular weight is 263 g/mol. The summed E-state index contributed by atoms with van der Waals surface area (Å²) in [7, 11) is 0. The largest absolute Gasteiger partial charge is 0.490 e.